The quantitative estimate of drug-likeness (QED) is 0.470. The highest BCUT2D eigenvalue weighted by Gasteiger charge is 2.29. The Morgan fingerprint density at radius 3 is 2.74 bits per heavy atom. The highest BCUT2D eigenvalue weighted by Crippen LogP contribution is 2.29. The summed E-state index contributed by atoms with van der Waals surface area (Å²) < 4.78 is 24.8. The molecule has 1 heterocycles. The zero-order valence-electron chi connectivity index (χ0n) is 10.1. The molecule has 19 heavy (non-hydrogen) atoms. The Bertz CT molecular complexity index is 602. The van der Waals surface area contributed by atoms with Crippen LogP contribution in [0.5, 0.6) is 0 Å². The van der Waals surface area contributed by atoms with Crippen molar-refractivity contribution in [2.24, 2.45) is 5.84 Å². The van der Waals surface area contributed by atoms with Crippen molar-refractivity contribution in [1.29, 1.82) is 0 Å². The van der Waals surface area contributed by atoms with Gasteiger partial charge < -0.3 is 5.43 Å². The number of hydrazine groups is 1. The highest BCUT2D eigenvalue weighted by atomic mass is 32.2. The number of nitrogens with zero attached hydrogens (tertiary/aromatic N) is 2. The largest absolute Gasteiger partial charge is 0.318 e. The molecular weight excluding hydrogens is 272 g/mol. The van der Waals surface area contributed by atoms with Crippen molar-refractivity contribution in [3.63, 3.8) is 0 Å². The average molecular weight is 286 g/mol. The average Bonchev–Trinajstić information content (AvgIpc) is 2.68. The van der Waals surface area contributed by atoms with Gasteiger partial charge in [-0.1, -0.05) is 12.1 Å². The van der Waals surface area contributed by atoms with Crippen LogP contribution in [-0.2, 0) is 16.6 Å². The van der Waals surface area contributed by atoms with E-state index in [4.69, 9.17) is 5.84 Å². The van der Waals surface area contributed by atoms with Gasteiger partial charge in [0.15, 0.2) is 0 Å². The van der Waals surface area contributed by atoms with Crippen molar-refractivity contribution in [1.82, 2.24) is 4.31 Å². The maximum atomic E-state index is 11.7. The molecule has 1 fully saturated rings. The summed E-state index contributed by atoms with van der Waals surface area (Å²) in [4.78, 5) is 10.3. The smallest absolute Gasteiger partial charge is 0.293 e. The van der Waals surface area contributed by atoms with Gasteiger partial charge in [-0.15, -0.1) is 0 Å². The predicted molar refractivity (Wildman–Crippen MR) is 69.7 cm³/mol. The minimum absolute atomic E-state index is 0.0869. The van der Waals surface area contributed by atoms with Crippen LogP contribution in [0.2, 0.25) is 0 Å². The molecule has 0 radical (unpaired) electrons. The van der Waals surface area contributed by atoms with Crippen LogP contribution in [-0.4, -0.2) is 29.9 Å². The van der Waals surface area contributed by atoms with Gasteiger partial charge in [-0.05, 0) is 12.0 Å². The number of nitrogen functional groups attached to an aromatic ring is 1. The number of rotatable bonds is 4. The first-order valence-corrected chi connectivity index (χ1v) is 7.27. The molecule has 1 aromatic rings. The van der Waals surface area contributed by atoms with Gasteiger partial charge in [0.05, 0.1) is 10.7 Å². The molecule has 0 aliphatic carbocycles. The number of sulfonamides is 1. The van der Waals surface area contributed by atoms with Gasteiger partial charge in [-0.3, -0.25) is 16.0 Å². The molecule has 2 rings (SSSR count). The van der Waals surface area contributed by atoms with E-state index >= 15 is 0 Å². The Morgan fingerprint density at radius 2 is 2.21 bits per heavy atom. The monoisotopic (exact) mass is 286 g/mol. The summed E-state index contributed by atoms with van der Waals surface area (Å²) in [7, 11) is -3.25. The van der Waals surface area contributed by atoms with Gasteiger partial charge in [-0.25, -0.2) is 8.42 Å². The van der Waals surface area contributed by atoms with Crippen molar-refractivity contribution < 1.29 is 13.3 Å². The maximum Gasteiger partial charge on any atom is 0.293 e. The van der Waals surface area contributed by atoms with Gasteiger partial charge >= 0.3 is 0 Å². The number of hydrogen-bond acceptors (Lipinski definition) is 6. The van der Waals surface area contributed by atoms with Crippen molar-refractivity contribution in [3.8, 4) is 0 Å². The topological polar surface area (TPSA) is 119 Å². The molecule has 3 N–H and O–H groups in total. The van der Waals surface area contributed by atoms with E-state index in [0.29, 0.717) is 18.5 Å². The highest BCUT2D eigenvalue weighted by molar-refractivity contribution is 7.89. The van der Waals surface area contributed by atoms with Crippen LogP contribution in [0, 0.1) is 10.1 Å². The van der Waals surface area contributed by atoms with Crippen LogP contribution in [0.15, 0.2) is 18.2 Å². The fraction of sp³-hybridized carbons (Fsp3) is 0.400. The summed E-state index contributed by atoms with van der Waals surface area (Å²) in [5.41, 5.74) is 2.75. The fourth-order valence-electron chi connectivity index (χ4n) is 2.10. The number of benzene rings is 1. The van der Waals surface area contributed by atoms with Crippen LogP contribution in [0.4, 0.5) is 11.4 Å². The molecule has 0 atom stereocenters. The molecule has 0 spiro atoms. The molecule has 104 valence electrons. The minimum atomic E-state index is -3.25. The first-order chi connectivity index (χ1) is 8.95. The van der Waals surface area contributed by atoms with Crippen molar-refractivity contribution in [2.45, 2.75) is 13.0 Å². The van der Waals surface area contributed by atoms with E-state index in [-0.39, 0.29) is 23.7 Å². The third-order valence-electron chi connectivity index (χ3n) is 3.02. The lowest BCUT2D eigenvalue weighted by Gasteiger charge is -2.16. The standard InChI is InChI=1S/C10H14N4O4S/c11-12-10-8(3-1-4-9(10)14(15)16)7-13-5-2-6-19(13,17)18/h1,3-4,12H,2,5-7,11H2. The van der Waals surface area contributed by atoms with Crippen molar-refractivity contribution in [3.05, 3.63) is 33.9 Å². The summed E-state index contributed by atoms with van der Waals surface area (Å²) in [5, 5.41) is 10.9. The molecule has 8 nitrogen and oxygen atoms in total. The number of nitro groups is 1. The van der Waals surface area contributed by atoms with E-state index in [2.05, 4.69) is 5.43 Å². The molecule has 1 aliphatic heterocycles. The summed E-state index contributed by atoms with van der Waals surface area (Å²) in [6, 6.07) is 4.45. The summed E-state index contributed by atoms with van der Waals surface area (Å²) in [5.74, 6) is 5.43. The van der Waals surface area contributed by atoms with Gasteiger partial charge in [0.25, 0.3) is 5.69 Å². The Balaban J connectivity index is 2.35. The second kappa shape index (κ2) is 5.11. The minimum Gasteiger partial charge on any atom is -0.318 e. The lowest BCUT2D eigenvalue weighted by atomic mass is 10.1. The van der Waals surface area contributed by atoms with E-state index < -0.39 is 14.9 Å². The number of para-hydroxylation sites is 1. The Hall–Kier alpha value is -1.71. The zero-order chi connectivity index (χ0) is 14.0. The predicted octanol–water partition coefficient (Wildman–Crippen LogP) is 0.416. The molecule has 9 heteroatoms. The van der Waals surface area contributed by atoms with Crippen molar-refractivity contribution >= 4 is 21.4 Å². The lowest BCUT2D eigenvalue weighted by Crippen LogP contribution is -2.26. The van der Waals surface area contributed by atoms with E-state index in [1.807, 2.05) is 0 Å². The third kappa shape index (κ3) is 2.67. The van der Waals surface area contributed by atoms with E-state index in [0.717, 1.165) is 0 Å². The number of nitrogens with two attached hydrogens (primary N) is 1. The van der Waals surface area contributed by atoms with Crippen LogP contribution in [0.1, 0.15) is 12.0 Å². The Labute approximate surface area is 110 Å². The fourth-order valence-corrected chi connectivity index (χ4v) is 3.59. The van der Waals surface area contributed by atoms with Gasteiger partial charge in [0.1, 0.15) is 5.69 Å². The van der Waals surface area contributed by atoms with Crippen LogP contribution in [0.25, 0.3) is 0 Å². The molecule has 0 saturated carbocycles. The lowest BCUT2D eigenvalue weighted by molar-refractivity contribution is -0.384. The summed E-state index contributed by atoms with van der Waals surface area (Å²) >= 11 is 0. The van der Waals surface area contributed by atoms with E-state index in [1.165, 1.54) is 16.4 Å². The van der Waals surface area contributed by atoms with E-state index in [9.17, 15) is 18.5 Å². The molecule has 1 aliphatic rings. The van der Waals surface area contributed by atoms with Crippen LogP contribution >= 0.6 is 0 Å². The first kappa shape index (κ1) is 13.7. The number of nitrogens with one attached hydrogen (secondary N) is 1. The van der Waals surface area contributed by atoms with Gasteiger partial charge in [0, 0.05) is 19.2 Å². The summed E-state index contributed by atoms with van der Waals surface area (Å²) in [6.07, 6.45) is 0.572. The number of nitro benzene ring substituents is 1. The number of hydrogen-bond donors (Lipinski definition) is 2. The van der Waals surface area contributed by atoms with Crippen molar-refractivity contribution in [2.75, 3.05) is 17.7 Å². The van der Waals surface area contributed by atoms with Gasteiger partial charge in [0.2, 0.25) is 10.0 Å². The third-order valence-corrected chi connectivity index (χ3v) is 4.92. The second-order valence-electron chi connectivity index (χ2n) is 4.22. The molecule has 0 amide bonds. The summed E-state index contributed by atoms with van der Waals surface area (Å²) in [6.45, 7) is 0.512. The molecular formula is C10H14N4O4S. The Kier molecular flexibility index (Phi) is 3.69. The molecule has 0 unspecified atom stereocenters. The van der Waals surface area contributed by atoms with Crippen LogP contribution in [0.3, 0.4) is 0 Å². The van der Waals surface area contributed by atoms with Gasteiger partial charge in [-0.2, -0.15) is 4.31 Å². The molecule has 0 bridgehead atoms. The van der Waals surface area contributed by atoms with E-state index in [1.54, 1.807) is 6.07 Å². The first-order valence-electron chi connectivity index (χ1n) is 5.66. The second-order valence-corrected chi connectivity index (χ2v) is 6.30. The molecule has 1 saturated heterocycles. The van der Waals surface area contributed by atoms with Crippen LogP contribution < -0.4 is 11.3 Å². The SMILES string of the molecule is NNc1c(CN2CCCS2(=O)=O)cccc1[N+](=O)[O-]. The zero-order valence-corrected chi connectivity index (χ0v) is 10.9. The normalized spacial score (nSPS) is 18.4. The molecule has 0 aromatic heterocycles. The number of anilines is 1. The Morgan fingerprint density at radius 1 is 1.47 bits per heavy atom. The maximum absolute atomic E-state index is 11.7. The molecule has 1 aromatic carbocycles.